The Morgan fingerprint density at radius 3 is 3.00 bits per heavy atom. The van der Waals surface area contributed by atoms with Gasteiger partial charge in [-0.1, -0.05) is 18.2 Å². The van der Waals surface area contributed by atoms with E-state index in [4.69, 9.17) is 9.47 Å². The molecule has 4 nitrogen and oxygen atoms in total. The van der Waals surface area contributed by atoms with Crippen LogP contribution in [0.5, 0.6) is 0 Å². The maximum absolute atomic E-state index is 11.8. The molecular weight excluding hydrogens is 244 g/mol. The summed E-state index contributed by atoms with van der Waals surface area (Å²) in [5.41, 5.74) is 0.763. The van der Waals surface area contributed by atoms with E-state index < -0.39 is 11.7 Å². The molecule has 1 spiro atoms. The minimum Gasteiger partial charge on any atom is -0.458 e. The predicted molar refractivity (Wildman–Crippen MR) is 67.2 cm³/mol. The lowest BCUT2D eigenvalue weighted by Gasteiger charge is -2.28. The molecule has 0 bridgehead atoms. The van der Waals surface area contributed by atoms with Crippen molar-refractivity contribution >= 4 is 5.97 Å². The summed E-state index contributed by atoms with van der Waals surface area (Å²) in [6.07, 6.45) is 2.70. The molecule has 102 valence electrons. The summed E-state index contributed by atoms with van der Waals surface area (Å²) in [5.74, 6) is -0.261. The maximum Gasteiger partial charge on any atom is 0.334 e. The number of ether oxygens (including phenoxy) is 2. The van der Waals surface area contributed by atoms with Crippen LogP contribution in [0.3, 0.4) is 0 Å². The molecule has 0 amide bonds. The second-order valence-electron chi connectivity index (χ2n) is 6.50. The van der Waals surface area contributed by atoms with Gasteiger partial charge in [-0.25, -0.2) is 4.79 Å². The topological polar surface area (TPSA) is 59.1 Å². The Morgan fingerprint density at radius 1 is 1.53 bits per heavy atom. The van der Waals surface area contributed by atoms with Gasteiger partial charge in [-0.15, -0.1) is 0 Å². The van der Waals surface area contributed by atoms with Gasteiger partial charge >= 0.3 is 5.97 Å². The van der Waals surface area contributed by atoms with E-state index in [1.807, 2.05) is 13.0 Å². The molecule has 4 rings (SSSR count). The second kappa shape index (κ2) is 3.13. The first-order valence-electron chi connectivity index (χ1n) is 6.87. The van der Waals surface area contributed by atoms with Gasteiger partial charge in [-0.2, -0.15) is 0 Å². The lowest BCUT2D eigenvalue weighted by molar-refractivity contribution is -0.142. The van der Waals surface area contributed by atoms with E-state index in [0.29, 0.717) is 5.57 Å². The number of aliphatic hydroxyl groups excluding tert-OH is 1. The third kappa shape index (κ3) is 1.11. The maximum atomic E-state index is 11.8. The van der Waals surface area contributed by atoms with E-state index in [1.54, 1.807) is 0 Å². The number of aliphatic hydroxyl groups is 1. The fourth-order valence-corrected chi connectivity index (χ4v) is 4.56. The average molecular weight is 262 g/mol. The standard InChI is InChI=1S/C15H18O4/c1-7-6-10(16)15-11(7)12-9(8(2)13(17)18-12)4-5-14(15,3)19-15/h6,9-12,16H,2,4-5H2,1,3H3/t9-,10-,11+,12-,14-,15-/m0/s1. The molecule has 2 aliphatic carbocycles. The van der Waals surface area contributed by atoms with E-state index in [0.717, 1.165) is 18.4 Å². The van der Waals surface area contributed by atoms with Crippen LogP contribution in [0.25, 0.3) is 0 Å². The molecule has 4 heteroatoms. The molecule has 0 aromatic rings. The summed E-state index contributed by atoms with van der Waals surface area (Å²) in [6.45, 7) is 7.93. The first kappa shape index (κ1) is 11.7. The minimum absolute atomic E-state index is 0.0387. The third-order valence-electron chi connectivity index (χ3n) is 5.60. The first-order valence-corrected chi connectivity index (χ1v) is 6.87. The van der Waals surface area contributed by atoms with Crippen LogP contribution >= 0.6 is 0 Å². The molecule has 19 heavy (non-hydrogen) atoms. The van der Waals surface area contributed by atoms with Crippen LogP contribution in [0.15, 0.2) is 23.8 Å². The highest BCUT2D eigenvalue weighted by molar-refractivity contribution is 5.91. The van der Waals surface area contributed by atoms with E-state index in [1.165, 1.54) is 0 Å². The zero-order chi connectivity index (χ0) is 13.6. The molecule has 1 N–H and O–H groups in total. The summed E-state index contributed by atoms with van der Waals surface area (Å²) in [6, 6.07) is 0. The van der Waals surface area contributed by atoms with E-state index in [2.05, 4.69) is 13.5 Å². The summed E-state index contributed by atoms with van der Waals surface area (Å²) < 4.78 is 11.6. The summed E-state index contributed by atoms with van der Waals surface area (Å²) in [5, 5.41) is 10.4. The van der Waals surface area contributed by atoms with E-state index in [-0.39, 0.29) is 29.5 Å². The van der Waals surface area contributed by atoms with Gasteiger partial charge in [0.25, 0.3) is 0 Å². The second-order valence-corrected chi connectivity index (χ2v) is 6.50. The van der Waals surface area contributed by atoms with Gasteiger partial charge in [0.2, 0.25) is 0 Å². The monoisotopic (exact) mass is 262 g/mol. The Balaban J connectivity index is 1.83. The van der Waals surface area contributed by atoms with Crippen molar-refractivity contribution < 1.29 is 19.4 Å². The van der Waals surface area contributed by atoms with Gasteiger partial charge < -0.3 is 14.6 Å². The van der Waals surface area contributed by atoms with Crippen LogP contribution in [-0.2, 0) is 14.3 Å². The van der Waals surface area contributed by atoms with Gasteiger partial charge in [-0.3, -0.25) is 0 Å². The molecule has 2 aliphatic heterocycles. The number of esters is 1. The van der Waals surface area contributed by atoms with Crippen LogP contribution in [0.4, 0.5) is 0 Å². The molecule has 2 heterocycles. The van der Waals surface area contributed by atoms with Crippen LogP contribution in [0.2, 0.25) is 0 Å². The molecule has 6 atom stereocenters. The molecule has 0 unspecified atom stereocenters. The first-order chi connectivity index (χ1) is 8.91. The fourth-order valence-electron chi connectivity index (χ4n) is 4.56. The van der Waals surface area contributed by atoms with Gasteiger partial charge in [0.1, 0.15) is 17.8 Å². The lowest BCUT2D eigenvalue weighted by Crippen LogP contribution is -2.43. The van der Waals surface area contributed by atoms with Gasteiger partial charge in [0.05, 0.1) is 11.5 Å². The Kier molecular flexibility index (Phi) is 1.92. The number of rotatable bonds is 0. The zero-order valence-corrected chi connectivity index (χ0v) is 11.2. The summed E-state index contributed by atoms with van der Waals surface area (Å²) in [7, 11) is 0. The fraction of sp³-hybridized carbons (Fsp3) is 0.667. The number of fused-ring (bicyclic) bond motifs is 2. The van der Waals surface area contributed by atoms with Gasteiger partial charge in [0, 0.05) is 11.5 Å². The highest BCUT2D eigenvalue weighted by atomic mass is 16.6. The largest absolute Gasteiger partial charge is 0.458 e. The van der Waals surface area contributed by atoms with Crippen molar-refractivity contribution in [3.63, 3.8) is 0 Å². The van der Waals surface area contributed by atoms with Crippen molar-refractivity contribution in [1.29, 1.82) is 0 Å². The molecule has 0 aromatic carbocycles. The van der Waals surface area contributed by atoms with Crippen LogP contribution in [0, 0.1) is 11.8 Å². The Hall–Kier alpha value is -1.13. The number of epoxide rings is 1. The molecule has 1 saturated carbocycles. The molecule has 2 saturated heterocycles. The van der Waals surface area contributed by atoms with Crippen molar-refractivity contribution in [2.24, 2.45) is 11.8 Å². The SMILES string of the molecule is C=C1C(=O)O[C@@H]2[C@H]3C(C)=C[C@H](O)[C@]34O[C@@]4(C)CC[C@@H]12. The minimum atomic E-state index is -0.603. The van der Waals surface area contributed by atoms with Crippen LogP contribution < -0.4 is 0 Å². The summed E-state index contributed by atoms with van der Waals surface area (Å²) >= 11 is 0. The Bertz CT molecular complexity index is 536. The zero-order valence-electron chi connectivity index (χ0n) is 11.2. The Labute approximate surface area is 112 Å². The number of carbonyl (C=O) groups is 1. The predicted octanol–water partition coefficient (Wildman–Crippen LogP) is 1.34. The van der Waals surface area contributed by atoms with Crippen molar-refractivity contribution in [2.45, 2.75) is 50.1 Å². The molecule has 0 aromatic heterocycles. The molecule has 4 aliphatic rings. The molecule has 3 fully saturated rings. The lowest BCUT2D eigenvalue weighted by atomic mass is 9.77. The van der Waals surface area contributed by atoms with Crippen LogP contribution in [-0.4, -0.2) is 34.5 Å². The van der Waals surface area contributed by atoms with Crippen LogP contribution in [0.1, 0.15) is 26.7 Å². The Morgan fingerprint density at radius 2 is 2.26 bits per heavy atom. The number of carbonyl (C=O) groups excluding carboxylic acids is 1. The van der Waals surface area contributed by atoms with Crippen molar-refractivity contribution in [2.75, 3.05) is 0 Å². The highest BCUT2D eigenvalue weighted by Gasteiger charge is 2.79. The van der Waals surface area contributed by atoms with E-state index >= 15 is 0 Å². The highest BCUT2D eigenvalue weighted by Crippen LogP contribution is 2.67. The summed E-state index contributed by atoms with van der Waals surface area (Å²) in [4.78, 5) is 11.8. The quantitative estimate of drug-likeness (QED) is 0.310. The van der Waals surface area contributed by atoms with Crippen molar-refractivity contribution in [3.8, 4) is 0 Å². The molecule has 0 radical (unpaired) electrons. The molecular formula is C15H18O4. The van der Waals surface area contributed by atoms with Crippen molar-refractivity contribution in [3.05, 3.63) is 23.8 Å². The number of hydrogen-bond donors (Lipinski definition) is 1. The number of hydrogen-bond acceptors (Lipinski definition) is 4. The van der Waals surface area contributed by atoms with Crippen molar-refractivity contribution in [1.82, 2.24) is 0 Å². The smallest absolute Gasteiger partial charge is 0.334 e. The van der Waals surface area contributed by atoms with Gasteiger partial charge in [0.15, 0.2) is 0 Å². The third-order valence-corrected chi connectivity index (χ3v) is 5.60. The van der Waals surface area contributed by atoms with Gasteiger partial charge in [-0.05, 0) is 26.7 Å². The van der Waals surface area contributed by atoms with E-state index in [9.17, 15) is 9.90 Å². The average Bonchev–Trinajstić information content (AvgIpc) is 2.77. The normalized spacial score (nSPS) is 54.8.